The van der Waals surface area contributed by atoms with Crippen molar-refractivity contribution < 1.29 is 9.72 Å². The van der Waals surface area contributed by atoms with Crippen LogP contribution in [0.4, 0.5) is 11.6 Å². The number of benzene rings is 1. The molecule has 2 heterocycles. The van der Waals surface area contributed by atoms with Crippen LogP contribution >= 0.6 is 0 Å². The molecule has 0 atom stereocenters. The predicted molar refractivity (Wildman–Crippen MR) is 98.6 cm³/mol. The summed E-state index contributed by atoms with van der Waals surface area (Å²) in [5.41, 5.74) is 0.918. The van der Waals surface area contributed by atoms with Crippen molar-refractivity contribution in [3.63, 3.8) is 0 Å². The van der Waals surface area contributed by atoms with Crippen LogP contribution in [0, 0.1) is 10.1 Å². The van der Waals surface area contributed by atoms with Crippen molar-refractivity contribution >= 4 is 17.4 Å². The number of nitro benzene ring substituents is 1. The van der Waals surface area contributed by atoms with Gasteiger partial charge in [-0.3, -0.25) is 29.3 Å². The predicted octanol–water partition coefficient (Wildman–Crippen LogP) is 2.05. The van der Waals surface area contributed by atoms with Gasteiger partial charge in [-0.2, -0.15) is 0 Å². The number of carbonyl (C=O) groups excluding carboxylic acids is 1. The Balaban J connectivity index is 1.82. The summed E-state index contributed by atoms with van der Waals surface area (Å²) in [6, 6.07) is 10.3. The zero-order valence-electron chi connectivity index (χ0n) is 14.3. The summed E-state index contributed by atoms with van der Waals surface area (Å²) >= 11 is 0. The van der Waals surface area contributed by atoms with Crippen molar-refractivity contribution in [3.05, 3.63) is 80.9 Å². The first kappa shape index (κ1) is 17.9. The summed E-state index contributed by atoms with van der Waals surface area (Å²) in [5, 5.41) is 13.7. The quantitative estimate of drug-likeness (QED) is 0.403. The molecule has 1 N–H and O–H groups in total. The number of pyridine rings is 1. The van der Waals surface area contributed by atoms with E-state index < -0.39 is 4.92 Å². The fraction of sp³-hybridized carbons (Fsp3) is 0.111. The Bertz CT molecular complexity index is 1060. The summed E-state index contributed by atoms with van der Waals surface area (Å²) in [5.74, 6) is -0.143. The lowest BCUT2D eigenvalue weighted by molar-refractivity contribution is -0.384. The second kappa shape index (κ2) is 7.56. The van der Waals surface area contributed by atoms with E-state index in [0.29, 0.717) is 5.69 Å². The van der Waals surface area contributed by atoms with E-state index in [4.69, 9.17) is 0 Å². The number of nitrogens with one attached hydrogen (secondary N) is 1. The van der Waals surface area contributed by atoms with Crippen LogP contribution in [0.1, 0.15) is 10.4 Å². The van der Waals surface area contributed by atoms with Gasteiger partial charge in [-0.15, -0.1) is 0 Å². The molecule has 3 aromatic rings. The smallest absolute Gasteiger partial charge is 0.270 e. The van der Waals surface area contributed by atoms with Crippen LogP contribution in [0.5, 0.6) is 0 Å². The number of rotatable bonds is 6. The molecule has 1 aromatic carbocycles. The number of Topliss-reactive ketones (excluding diaryl/α,β-unsaturated/α-hetero) is 1. The van der Waals surface area contributed by atoms with E-state index in [1.807, 2.05) is 0 Å². The molecule has 2 aromatic heterocycles. The normalized spacial score (nSPS) is 10.4. The van der Waals surface area contributed by atoms with Crippen molar-refractivity contribution in [2.24, 2.45) is 7.05 Å². The minimum absolute atomic E-state index is 0.161. The molecule has 0 aliphatic rings. The van der Waals surface area contributed by atoms with Gasteiger partial charge in [-0.25, -0.2) is 4.98 Å². The number of nitro groups is 1. The Morgan fingerprint density at radius 2 is 1.96 bits per heavy atom. The highest BCUT2D eigenvalue weighted by Gasteiger charge is 2.13. The zero-order valence-corrected chi connectivity index (χ0v) is 14.3. The average Bonchev–Trinajstić information content (AvgIpc) is 2.69. The van der Waals surface area contributed by atoms with Gasteiger partial charge in [-0.1, -0.05) is 12.1 Å². The summed E-state index contributed by atoms with van der Waals surface area (Å²) in [4.78, 5) is 43.1. The molecule has 27 heavy (non-hydrogen) atoms. The van der Waals surface area contributed by atoms with Crippen LogP contribution in [-0.4, -0.2) is 31.8 Å². The maximum Gasteiger partial charge on any atom is 0.270 e. The minimum atomic E-state index is -0.562. The number of anilines is 1. The topological polar surface area (TPSA) is 120 Å². The molecule has 0 spiro atoms. The van der Waals surface area contributed by atoms with Gasteiger partial charge in [0.25, 0.3) is 11.2 Å². The third-order valence-electron chi connectivity index (χ3n) is 3.90. The zero-order chi connectivity index (χ0) is 19.4. The highest BCUT2D eigenvalue weighted by molar-refractivity contribution is 5.99. The van der Waals surface area contributed by atoms with Gasteiger partial charge in [-0.05, 0) is 12.1 Å². The Morgan fingerprint density at radius 3 is 2.67 bits per heavy atom. The minimum Gasteiger partial charge on any atom is -0.348 e. The number of carbonyl (C=O) groups is 1. The van der Waals surface area contributed by atoms with E-state index in [0.717, 1.165) is 5.56 Å². The van der Waals surface area contributed by atoms with E-state index in [9.17, 15) is 19.7 Å². The standard InChI is InChI=1S/C18H15N5O4/c1-22-17(25)10-15(12-5-7-19-8-6-12)21-18(22)20-11-16(24)13-3-2-4-14(9-13)23(26)27/h2-10H,11H2,1H3,(H,20,21). The van der Waals surface area contributed by atoms with Crippen LogP contribution in [0.2, 0.25) is 0 Å². The maximum absolute atomic E-state index is 12.3. The Kier molecular flexibility index (Phi) is 5.02. The molecule has 136 valence electrons. The molecule has 3 rings (SSSR count). The number of hydrogen-bond donors (Lipinski definition) is 1. The number of hydrogen-bond acceptors (Lipinski definition) is 7. The van der Waals surface area contributed by atoms with Crippen LogP contribution < -0.4 is 10.9 Å². The first-order valence-electron chi connectivity index (χ1n) is 7.95. The Labute approximate surface area is 153 Å². The van der Waals surface area contributed by atoms with Crippen molar-refractivity contribution in [1.29, 1.82) is 0 Å². The number of aromatic nitrogens is 3. The molecule has 0 saturated carbocycles. The fourth-order valence-corrected chi connectivity index (χ4v) is 2.42. The monoisotopic (exact) mass is 365 g/mol. The highest BCUT2D eigenvalue weighted by Crippen LogP contribution is 2.16. The average molecular weight is 365 g/mol. The van der Waals surface area contributed by atoms with Crippen LogP contribution in [0.3, 0.4) is 0 Å². The first-order chi connectivity index (χ1) is 13.0. The van der Waals surface area contributed by atoms with Gasteiger partial charge in [0.05, 0.1) is 17.2 Å². The van der Waals surface area contributed by atoms with Crippen LogP contribution in [0.15, 0.2) is 59.7 Å². The van der Waals surface area contributed by atoms with Crippen molar-refractivity contribution in [3.8, 4) is 11.3 Å². The summed E-state index contributed by atoms with van der Waals surface area (Å²) < 4.78 is 1.28. The molecular weight excluding hydrogens is 350 g/mol. The lowest BCUT2D eigenvalue weighted by Crippen LogP contribution is -2.24. The lowest BCUT2D eigenvalue weighted by atomic mass is 10.1. The molecule has 0 bridgehead atoms. The summed E-state index contributed by atoms with van der Waals surface area (Å²) in [7, 11) is 1.53. The molecule has 9 nitrogen and oxygen atoms in total. The first-order valence-corrected chi connectivity index (χ1v) is 7.95. The highest BCUT2D eigenvalue weighted by atomic mass is 16.6. The van der Waals surface area contributed by atoms with E-state index in [1.165, 1.54) is 41.9 Å². The molecule has 0 radical (unpaired) electrons. The van der Waals surface area contributed by atoms with Crippen molar-refractivity contribution in [1.82, 2.24) is 14.5 Å². The molecule has 0 amide bonds. The molecule has 0 aliphatic carbocycles. The van der Waals surface area contributed by atoms with Crippen LogP contribution in [0.25, 0.3) is 11.3 Å². The van der Waals surface area contributed by atoms with Gasteiger partial charge < -0.3 is 5.32 Å². The third-order valence-corrected chi connectivity index (χ3v) is 3.90. The maximum atomic E-state index is 12.3. The van der Waals surface area contributed by atoms with Gasteiger partial charge >= 0.3 is 0 Å². The van der Waals surface area contributed by atoms with Crippen LogP contribution in [-0.2, 0) is 7.05 Å². The molecule has 0 unspecified atom stereocenters. The molecular formula is C18H15N5O4. The Morgan fingerprint density at radius 1 is 1.22 bits per heavy atom. The molecule has 0 fully saturated rings. The van der Waals surface area contributed by atoms with E-state index in [1.54, 1.807) is 24.5 Å². The van der Waals surface area contributed by atoms with Gasteiger partial charge in [0.15, 0.2) is 5.78 Å². The fourth-order valence-electron chi connectivity index (χ4n) is 2.42. The molecule has 9 heteroatoms. The summed E-state index contributed by atoms with van der Waals surface area (Å²) in [6.45, 7) is -0.165. The number of nitrogens with zero attached hydrogens (tertiary/aromatic N) is 4. The molecule has 0 aliphatic heterocycles. The van der Waals surface area contributed by atoms with E-state index in [2.05, 4.69) is 15.3 Å². The van der Waals surface area contributed by atoms with E-state index >= 15 is 0 Å². The van der Waals surface area contributed by atoms with Crippen molar-refractivity contribution in [2.75, 3.05) is 11.9 Å². The van der Waals surface area contributed by atoms with Gasteiger partial charge in [0, 0.05) is 48.8 Å². The molecule has 0 saturated heterocycles. The summed E-state index contributed by atoms with van der Waals surface area (Å²) in [6.07, 6.45) is 3.18. The second-order valence-corrected chi connectivity index (χ2v) is 5.68. The second-order valence-electron chi connectivity index (χ2n) is 5.68. The number of ketones is 1. The van der Waals surface area contributed by atoms with E-state index in [-0.39, 0.29) is 35.1 Å². The van der Waals surface area contributed by atoms with Gasteiger partial charge in [0.2, 0.25) is 5.95 Å². The lowest BCUT2D eigenvalue weighted by Gasteiger charge is -2.11. The SMILES string of the molecule is Cn1c(NCC(=O)c2cccc([N+](=O)[O-])c2)nc(-c2ccncc2)cc1=O. The Hall–Kier alpha value is -3.88. The largest absolute Gasteiger partial charge is 0.348 e. The number of non-ortho nitro benzene ring substituents is 1. The van der Waals surface area contributed by atoms with Gasteiger partial charge in [0.1, 0.15) is 0 Å². The third kappa shape index (κ3) is 4.03. The van der Waals surface area contributed by atoms with Crippen molar-refractivity contribution in [2.45, 2.75) is 0 Å².